The lowest BCUT2D eigenvalue weighted by Crippen LogP contribution is -1.92. The average Bonchev–Trinajstić information content (AvgIpc) is 2.67. The molecule has 2 aromatic heterocycles. The van der Waals surface area contributed by atoms with Crippen molar-refractivity contribution < 1.29 is 0 Å². The number of thiophene rings is 1. The SMILES string of the molecule is Cc1ccncc1-c1cc(CN)cs1. The molecule has 2 heterocycles. The molecule has 72 valence electrons. The standard InChI is InChI=1S/C11H12N2S/c1-8-2-3-13-6-10(8)11-4-9(5-12)7-14-11/h2-4,6-7H,5,12H2,1H3. The lowest BCUT2D eigenvalue weighted by Gasteiger charge is -2.00. The van der Waals surface area contributed by atoms with Crippen molar-refractivity contribution in [3.63, 3.8) is 0 Å². The van der Waals surface area contributed by atoms with Crippen LogP contribution in [0.3, 0.4) is 0 Å². The van der Waals surface area contributed by atoms with Gasteiger partial charge in [-0.3, -0.25) is 4.98 Å². The second-order valence-electron chi connectivity index (χ2n) is 3.21. The summed E-state index contributed by atoms with van der Waals surface area (Å²) in [6.45, 7) is 2.70. The molecule has 0 fully saturated rings. The van der Waals surface area contributed by atoms with E-state index in [1.807, 2.05) is 18.5 Å². The zero-order valence-electron chi connectivity index (χ0n) is 8.03. The Balaban J connectivity index is 2.44. The topological polar surface area (TPSA) is 38.9 Å². The number of hydrogen-bond donors (Lipinski definition) is 1. The van der Waals surface area contributed by atoms with Gasteiger partial charge in [0.15, 0.2) is 0 Å². The van der Waals surface area contributed by atoms with Crippen LogP contribution in [-0.2, 0) is 6.54 Å². The van der Waals surface area contributed by atoms with E-state index in [4.69, 9.17) is 5.73 Å². The van der Waals surface area contributed by atoms with Crippen LogP contribution in [0.25, 0.3) is 10.4 Å². The van der Waals surface area contributed by atoms with Crippen molar-refractivity contribution in [2.24, 2.45) is 5.73 Å². The Morgan fingerprint density at radius 1 is 1.50 bits per heavy atom. The normalized spacial score (nSPS) is 10.4. The first-order chi connectivity index (χ1) is 6.81. The van der Waals surface area contributed by atoms with Gasteiger partial charge in [-0.15, -0.1) is 11.3 Å². The smallest absolute Gasteiger partial charge is 0.0364 e. The van der Waals surface area contributed by atoms with Gasteiger partial charge >= 0.3 is 0 Å². The van der Waals surface area contributed by atoms with Crippen molar-refractivity contribution in [3.05, 3.63) is 41.0 Å². The van der Waals surface area contributed by atoms with Crippen molar-refractivity contribution >= 4 is 11.3 Å². The Bertz CT molecular complexity index is 434. The van der Waals surface area contributed by atoms with Crippen molar-refractivity contribution in [1.29, 1.82) is 0 Å². The number of rotatable bonds is 2. The first-order valence-corrected chi connectivity index (χ1v) is 5.37. The molecule has 0 bridgehead atoms. The summed E-state index contributed by atoms with van der Waals surface area (Å²) >= 11 is 1.72. The summed E-state index contributed by atoms with van der Waals surface area (Å²) in [5.74, 6) is 0. The fraction of sp³-hybridized carbons (Fsp3) is 0.182. The van der Waals surface area contributed by atoms with E-state index in [1.165, 1.54) is 21.6 Å². The maximum atomic E-state index is 5.57. The van der Waals surface area contributed by atoms with E-state index in [1.54, 1.807) is 11.3 Å². The minimum absolute atomic E-state index is 0.607. The third-order valence-corrected chi connectivity index (χ3v) is 3.21. The lowest BCUT2D eigenvalue weighted by atomic mass is 10.1. The van der Waals surface area contributed by atoms with Gasteiger partial charge in [0.05, 0.1) is 0 Å². The number of nitrogens with two attached hydrogens (primary N) is 1. The Morgan fingerprint density at radius 3 is 3.00 bits per heavy atom. The Hall–Kier alpha value is -1.19. The molecule has 3 heteroatoms. The highest BCUT2D eigenvalue weighted by molar-refractivity contribution is 7.13. The minimum Gasteiger partial charge on any atom is -0.326 e. The zero-order chi connectivity index (χ0) is 9.97. The quantitative estimate of drug-likeness (QED) is 0.816. The van der Waals surface area contributed by atoms with Gasteiger partial charge in [-0.05, 0) is 35.6 Å². The van der Waals surface area contributed by atoms with Gasteiger partial charge in [-0.2, -0.15) is 0 Å². The van der Waals surface area contributed by atoms with Crippen LogP contribution in [0.5, 0.6) is 0 Å². The summed E-state index contributed by atoms with van der Waals surface area (Å²) in [7, 11) is 0. The second-order valence-corrected chi connectivity index (χ2v) is 4.13. The maximum absolute atomic E-state index is 5.57. The molecular weight excluding hydrogens is 192 g/mol. The predicted octanol–water partition coefficient (Wildman–Crippen LogP) is 2.58. The van der Waals surface area contributed by atoms with Crippen molar-refractivity contribution in [2.75, 3.05) is 0 Å². The average molecular weight is 204 g/mol. The molecule has 0 aromatic carbocycles. The molecule has 2 rings (SSSR count). The van der Waals surface area contributed by atoms with Crippen molar-refractivity contribution in [1.82, 2.24) is 4.98 Å². The monoisotopic (exact) mass is 204 g/mol. The van der Waals surface area contributed by atoms with Gasteiger partial charge in [0, 0.05) is 29.4 Å². The van der Waals surface area contributed by atoms with E-state index < -0.39 is 0 Å². The van der Waals surface area contributed by atoms with Crippen LogP contribution in [0.15, 0.2) is 29.9 Å². The molecule has 0 aliphatic rings. The van der Waals surface area contributed by atoms with Gasteiger partial charge < -0.3 is 5.73 Å². The molecule has 2 N–H and O–H groups in total. The van der Waals surface area contributed by atoms with Gasteiger partial charge in [0.1, 0.15) is 0 Å². The van der Waals surface area contributed by atoms with Crippen LogP contribution in [0.4, 0.5) is 0 Å². The summed E-state index contributed by atoms with van der Waals surface area (Å²) in [4.78, 5) is 5.38. The molecule has 0 aliphatic heterocycles. The van der Waals surface area contributed by atoms with Crippen LogP contribution in [0, 0.1) is 6.92 Å². The molecule has 0 saturated carbocycles. The molecule has 0 radical (unpaired) electrons. The maximum Gasteiger partial charge on any atom is 0.0364 e. The second kappa shape index (κ2) is 3.90. The van der Waals surface area contributed by atoms with Crippen LogP contribution in [0.1, 0.15) is 11.1 Å². The molecule has 0 atom stereocenters. The molecule has 0 saturated heterocycles. The van der Waals surface area contributed by atoms with E-state index in [9.17, 15) is 0 Å². The van der Waals surface area contributed by atoms with E-state index in [0.717, 1.165) is 0 Å². The van der Waals surface area contributed by atoms with Crippen LogP contribution >= 0.6 is 11.3 Å². The molecule has 14 heavy (non-hydrogen) atoms. The Labute approximate surface area is 87.4 Å². The van der Waals surface area contributed by atoms with E-state index in [2.05, 4.69) is 23.4 Å². The highest BCUT2D eigenvalue weighted by Crippen LogP contribution is 2.28. The van der Waals surface area contributed by atoms with Gasteiger partial charge in [-0.25, -0.2) is 0 Å². The first kappa shape index (κ1) is 9.37. The number of hydrogen-bond acceptors (Lipinski definition) is 3. The molecule has 0 aliphatic carbocycles. The summed E-state index contributed by atoms with van der Waals surface area (Å²) in [5, 5.41) is 2.10. The number of pyridine rings is 1. The Kier molecular flexibility index (Phi) is 2.61. The number of aromatic nitrogens is 1. The third kappa shape index (κ3) is 1.69. The highest BCUT2D eigenvalue weighted by atomic mass is 32.1. The van der Waals surface area contributed by atoms with E-state index in [0.29, 0.717) is 6.54 Å². The molecule has 2 nitrogen and oxygen atoms in total. The van der Waals surface area contributed by atoms with Crippen LogP contribution < -0.4 is 5.73 Å². The number of aryl methyl sites for hydroxylation is 1. The molecule has 0 spiro atoms. The summed E-state index contributed by atoms with van der Waals surface area (Å²) < 4.78 is 0. The fourth-order valence-corrected chi connectivity index (χ4v) is 2.35. The summed E-state index contributed by atoms with van der Waals surface area (Å²) in [5.41, 5.74) is 9.22. The van der Waals surface area contributed by atoms with Crippen LogP contribution in [-0.4, -0.2) is 4.98 Å². The summed E-state index contributed by atoms with van der Waals surface area (Å²) in [6.07, 6.45) is 3.72. The summed E-state index contributed by atoms with van der Waals surface area (Å²) in [6, 6.07) is 4.16. The molecule has 0 amide bonds. The molecular formula is C11H12N2S. The van der Waals surface area contributed by atoms with Crippen molar-refractivity contribution in [2.45, 2.75) is 13.5 Å². The van der Waals surface area contributed by atoms with Crippen molar-refractivity contribution in [3.8, 4) is 10.4 Å². The molecule has 0 unspecified atom stereocenters. The number of nitrogens with zero attached hydrogens (tertiary/aromatic N) is 1. The lowest BCUT2D eigenvalue weighted by molar-refractivity contribution is 1.08. The third-order valence-electron chi connectivity index (χ3n) is 2.19. The first-order valence-electron chi connectivity index (χ1n) is 4.49. The van der Waals surface area contributed by atoms with Crippen LogP contribution in [0.2, 0.25) is 0 Å². The van der Waals surface area contributed by atoms with E-state index in [-0.39, 0.29) is 0 Å². The largest absolute Gasteiger partial charge is 0.326 e. The fourth-order valence-electron chi connectivity index (χ4n) is 1.35. The highest BCUT2D eigenvalue weighted by Gasteiger charge is 2.04. The predicted molar refractivity (Wildman–Crippen MR) is 60.2 cm³/mol. The van der Waals surface area contributed by atoms with Gasteiger partial charge in [-0.1, -0.05) is 0 Å². The van der Waals surface area contributed by atoms with Gasteiger partial charge in [0.2, 0.25) is 0 Å². The molecule has 2 aromatic rings. The zero-order valence-corrected chi connectivity index (χ0v) is 8.84. The Morgan fingerprint density at radius 2 is 2.36 bits per heavy atom. The van der Waals surface area contributed by atoms with Gasteiger partial charge in [0.25, 0.3) is 0 Å². The minimum atomic E-state index is 0.607. The van der Waals surface area contributed by atoms with E-state index >= 15 is 0 Å².